The molecule has 20 heavy (non-hydrogen) atoms. The number of carbonyl (C=O) groups is 1. The number of amides is 1. The predicted octanol–water partition coefficient (Wildman–Crippen LogP) is 2.28. The van der Waals surface area contributed by atoms with Crippen LogP contribution in [0.15, 0.2) is 54.7 Å². The number of nitriles is 1. The first kappa shape index (κ1) is 13.5. The highest BCUT2D eigenvalue weighted by Crippen LogP contribution is 2.05. The van der Waals surface area contributed by atoms with Gasteiger partial charge in [-0.1, -0.05) is 18.2 Å². The maximum Gasteiger partial charge on any atom is 0.244 e. The minimum atomic E-state index is -0.196. The summed E-state index contributed by atoms with van der Waals surface area (Å²) >= 11 is 0. The van der Waals surface area contributed by atoms with E-state index in [0.717, 1.165) is 11.3 Å². The Morgan fingerprint density at radius 1 is 1.30 bits per heavy atom. The number of carbonyl (C=O) groups excluding carboxylic acids is 1. The van der Waals surface area contributed by atoms with Gasteiger partial charge in [0.15, 0.2) is 0 Å². The third-order valence-corrected chi connectivity index (χ3v) is 2.61. The highest BCUT2D eigenvalue weighted by Gasteiger charge is 1.97. The zero-order valence-corrected chi connectivity index (χ0v) is 10.8. The number of pyridine rings is 1. The van der Waals surface area contributed by atoms with Crippen LogP contribution in [-0.2, 0) is 11.3 Å². The number of aromatic nitrogens is 1. The van der Waals surface area contributed by atoms with Crippen LogP contribution in [-0.4, -0.2) is 10.9 Å². The Hall–Kier alpha value is -2.93. The maximum atomic E-state index is 11.7. The SMILES string of the molecule is N#Cc1cccc(C=CC(=O)NCc2ccccn2)c1. The Morgan fingerprint density at radius 2 is 2.20 bits per heavy atom. The maximum absolute atomic E-state index is 11.7. The number of rotatable bonds is 4. The van der Waals surface area contributed by atoms with Gasteiger partial charge in [0.25, 0.3) is 0 Å². The summed E-state index contributed by atoms with van der Waals surface area (Å²) in [4.78, 5) is 15.8. The van der Waals surface area contributed by atoms with Crippen molar-refractivity contribution in [1.82, 2.24) is 10.3 Å². The molecule has 0 saturated carbocycles. The minimum absolute atomic E-state index is 0.196. The zero-order chi connectivity index (χ0) is 14.2. The Kier molecular flexibility index (Phi) is 4.63. The molecule has 1 amide bonds. The molecule has 0 spiro atoms. The molecule has 0 aliphatic rings. The lowest BCUT2D eigenvalue weighted by Gasteiger charge is -2.01. The molecule has 0 unspecified atom stereocenters. The number of nitrogens with one attached hydrogen (secondary N) is 1. The summed E-state index contributed by atoms with van der Waals surface area (Å²) < 4.78 is 0. The van der Waals surface area contributed by atoms with Gasteiger partial charge < -0.3 is 5.32 Å². The van der Waals surface area contributed by atoms with Gasteiger partial charge in [0, 0.05) is 12.3 Å². The van der Waals surface area contributed by atoms with E-state index < -0.39 is 0 Å². The first-order valence-electron chi connectivity index (χ1n) is 6.14. The van der Waals surface area contributed by atoms with Gasteiger partial charge in [0.1, 0.15) is 0 Å². The predicted molar refractivity (Wildman–Crippen MR) is 76.3 cm³/mol. The van der Waals surface area contributed by atoms with Crippen molar-refractivity contribution in [2.24, 2.45) is 0 Å². The molecule has 0 fully saturated rings. The quantitative estimate of drug-likeness (QED) is 0.861. The molecule has 98 valence electrons. The molecule has 2 rings (SSSR count). The first-order valence-corrected chi connectivity index (χ1v) is 6.14. The smallest absolute Gasteiger partial charge is 0.244 e. The molecule has 1 aromatic carbocycles. The summed E-state index contributed by atoms with van der Waals surface area (Å²) in [6.45, 7) is 0.391. The van der Waals surface area contributed by atoms with Crippen molar-refractivity contribution in [3.63, 3.8) is 0 Å². The second kappa shape index (κ2) is 6.86. The Morgan fingerprint density at radius 3 is 2.95 bits per heavy atom. The van der Waals surface area contributed by atoms with Crippen LogP contribution in [0.2, 0.25) is 0 Å². The Bertz CT molecular complexity index is 657. The van der Waals surface area contributed by atoms with E-state index in [-0.39, 0.29) is 5.91 Å². The summed E-state index contributed by atoms with van der Waals surface area (Å²) in [7, 11) is 0. The van der Waals surface area contributed by atoms with E-state index in [2.05, 4.69) is 16.4 Å². The lowest BCUT2D eigenvalue weighted by Crippen LogP contribution is -2.20. The van der Waals surface area contributed by atoms with E-state index in [1.54, 1.807) is 30.5 Å². The van der Waals surface area contributed by atoms with Gasteiger partial charge in [-0.2, -0.15) is 5.26 Å². The molecular formula is C16H13N3O. The highest BCUT2D eigenvalue weighted by molar-refractivity contribution is 5.91. The van der Waals surface area contributed by atoms with Crippen LogP contribution in [0.3, 0.4) is 0 Å². The first-order chi connectivity index (χ1) is 9.78. The molecule has 4 nitrogen and oxygen atoms in total. The van der Waals surface area contributed by atoms with Crippen molar-refractivity contribution in [2.45, 2.75) is 6.54 Å². The molecule has 0 aliphatic heterocycles. The average molecular weight is 263 g/mol. The molecule has 1 heterocycles. The lowest BCUT2D eigenvalue weighted by molar-refractivity contribution is -0.116. The van der Waals surface area contributed by atoms with E-state index in [1.165, 1.54) is 6.08 Å². The number of hydrogen-bond donors (Lipinski definition) is 1. The number of nitrogens with zero attached hydrogens (tertiary/aromatic N) is 2. The van der Waals surface area contributed by atoms with Crippen LogP contribution >= 0.6 is 0 Å². The summed E-state index contributed by atoms with van der Waals surface area (Å²) in [5.41, 5.74) is 2.19. The van der Waals surface area contributed by atoms with Crippen molar-refractivity contribution in [2.75, 3.05) is 0 Å². The van der Waals surface area contributed by atoms with Crippen LogP contribution in [0.25, 0.3) is 6.08 Å². The topological polar surface area (TPSA) is 65.8 Å². The van der Waals surface area contributed by atoms with Gasteiger partial charge in [-0.05, 0) is 35.9 Å². The van der Waals surface area contributed by atoms with E-state index in [0.29, 0.717) is 12.1 Å². The highest BCUT2D eigenvalue weighted by atomic mass is 16.1. The fourth-order valence-corrected chi connectivity index (χ4v) is 1.62. The molecule has 1 N–H and O–H groups in total. The third-order valence-electron chi connectivity index (χ3n) is 2.61. The van der Waals surface area contributed by atoms with Crippen molar-refractivity contribution < 1.29 is 4.79 Å². The van der Waals surface area contributed by atoms with Crippen LogP contribution in [0.5, 0.6) is 0 Å². The van der Waals surface area contributed by atoms with Gasteiger partial charge in [-0.3, -0.25) is 9.78 Å². The molecule has 0 aliphatic carbocycles. The van der Waals surface area contributed by atoms with Crippen LogP contribution < -0.4 is 5.32 Å². The summed E-state index contributed by atoms with van der Waals surface area (Å²) in [6, 6.07) is 14.7. The summed E-state index contributed by atoms with van der Waals surface area (Å²) in [6.07, 6.45) is 4.80. The lowest BCUT2D eigenvalue weighted by atomic mass is 10.1. The van der Waals surface area contributed by atoms with Crippen molar-refractivity contribution in [1.29, 1.82) is 5.26 Å². The average Bonchev–Trinajstić information content (AvgIpc) is 2.52. The molecule has 0 radical (unpaired) electrons. The fourth-order valence-electron chi connectivity index (χ4n) is 1.62. The second-order valence-corrected chi connectivity index (χ2v) is 4.11. The Balaban J connectivity index is 1.91. The molecule has 4 heteroatoms. The second-order valence-electron chi connectivity index (χ2n) is 4.11. The largest absolute Gasteiger partial charge is 0.347 e. The van der Waals surface area contributed by atoms with Gasteiger partial charge >= 0.3 is 0 Å². The standard InChI is InChI=1S/C16H13N3O/c17-11-14-5-3-4-13(10-14)7-8-16(20)19-12-15-6-1-2-9-18-15/h1-10H,12H2,(H,19,20). The molecule has 1 aromatic heterocycles. The van der Waals surface area contributed by atoms with E-state index in [4.69, 9.17) is 5.26 Å². The molecule has 0 atom stereocenters. The molecule has 0 bridgehead atoms. The third kappa shape index (κ3) is 4.07. The van der Waals surface area contributed by atoms with E-state index in [1.807, 2.05) is 24.3 Å². The Labute approximate surface area is 117 Å². The zero-order valence-electron chi connectivity index (χ0n) is 10.8. The summed E-state index contributed by atoms with van der Waals surface area (Å²) in [5.74, 6) is -0.196. The van der Waals surface area contributed by atoms with Gasteiger partial charge in [-0.25, -0.2) is 0 Å². The minimum Gasteiger partial charge on any atom is -0.347 e. The monoisotopic (exact) mass is 263 g/mol. The number of hydrogen-bond acceptors (Lipinski definition) is 3. The van der Waals surface area contributed by atoms with Crippen molar-refractivity contribution in [3.8, 4) is 6.07 Å². The van der Waals surface area contributed by atoms with Gasteiger partial charge in [0.2, 0.25) is 5.91 Å². The molecule has 0 saturated heterocycles. The van der Waals surface area contributed by atoms with Crippen LogP contribution in [0.1, 0.15) is 16.8 Å². The van der Waals surface area contributed by atoms with Crippen LogP contribution in [0.4, 0.5) is 0 Å². The molecular weight excluding hydrogens is 250 g/mol. The van der Waals surface area contributed by atoms with Crippen LogP contribution in [0, 0.1) is 11.3 Å². The number of benzene rings is 1. The van der Waals surface area contributed by atoms with Crippen molar-refractivity contribution in [3.05, 3.63) is 71.6 Å². The molecule has 2 aromatic rings. The normalized spacial score (nSPS) is 10.2. The van der Waals surface area contributed by atoms with E-state index in [9.17, 15) is 4.79 Å². The van der Waals surface area contributed by atoms with E-state index >= 15 is 0 Å². The summed E-state index contributed by atoms with van der Waals surface area (Å²) in [5, 5.41) is 11.5. The van der Waals surface area contributed by atoms with Gasteiger partial charge in [-0.15, -0.1) is 0 Å². The van der Waals surface area contributed by atoms with Crippen molar-refractivity contribution >= 4 is 12.0 Å². The fraction of sp³-hybridized carbons (Fsp3) is 0.0625. The van der Waals surface area contributed by atoms with Gasteiger partial charge in [0.05, 0.1) is 23.9 Å².